The van der Waals surface area contributed by atoms with Crippen molar-refractivity contribution in [3.63, 3.8) is 0 Å². The molecule has 4 nitrogen and oxygen atoms in total. The van der Waals surface area contributed by atoms with E-state index in [1.54, 1.807) is 12.1 Å². The number of hydrogen-bond donors (Lipinski definition) is 1. The maximum Gasteiger partial charge on any atom is 0.335 e. The first-order valence-corrected chi connectivity index (χ1v) is 7.55. The lowest BCUT2D eigenvalue weighted by Gasteiger charge is -2.45. The van der Waals surface area contributed by atoms with Crippen molar-refractivity contribution in [2.45, 2.75) is 25.3 Å². The van der Waals surface area contributed by atoms with Gasteiger partial charge in [-0.15, -0.1) is 0 Å². The molecule has 0 aliphatic carbocycles. The van der Waals surface area contributed by atoms with Gasteiger partial charge in [-0.2, -0.15) is 0 Å². The van der Waals surface area contributed by atoms with Gasteiger partial charge in [0.2, 0.25) is 0 Å². The molecule has 1 atom stereocenters. The van der Waals surface area contributed by atoms with Gasteiger partial charge in [-0.25, -0.2) is 4.79 Å². The highest BCUT2D eigenvalue weighted by molar-refractivity contribution is 6.33. The van der Waals surface area contributed by atoms with E-state index in [0.29, 0.717) is 11.1 Å². The van der Waals surface area contributed by atoms with Gasteiger partial charge in [0, 0.05) is 25.7 Å². The monoisotopic (exact) mass is 294 g/mol. The second-order valence-corrected chi connectivity index (χ2v) is 6.01. The second kappa shape index (κ2) is 5.62. The largest absolute Gasteiger partial charge is 0.478 e. The Labute approximate surface area is 123 Å². The molecule has 108 valence electrons. The van der Waals surface area contributed by atoms with Crippen LogP contribution in [0, 0.1) is 0 Å². The fraction of sp³-hybridized carbons (Fsp3) is 0.533. The van der Waals surface area contributed by atoms with Crippen molar-refractivity contribution in [2.75, 3.05) is 31.1 Å². The average Bonchev–Trinajstić information content (AvgIpc) is 2.46. The summed E-state index contributed by atoms with van der Waals surface area (Å²) < 4.78 is 0. The van der Waals surface area contributed by atoms with Crippen LogP contribution in [0.1, 0.15) is 29.6 Å². The number of hydrogen-bond acceptors (Lipinski definition) is 3. The van der Waals surface area contributed by atoms with Gasteiger partial charge in [0.1, 0.15) is 0 Å². The number of carboxylic acid groups (broad SMARTS) is 1. The Morgan fingerprint density at radius 2 is 2.10 bits per heavy atom. The van der Waals surface area contributed by atoms with E-state index in [4.69, 9.17) is 16.7 Å². The zero-order valence-electron chi connectivity index (χ0n) is 11.4. The number of carbonyl (C=O) groups is 1. The number of halogens is 1. The molecule has 1 unspecified atom stereocenters. The van der Waals surface area contributed by atoms with Gasteiger partial charge in [0.05, 0.1) is 16.3 Å². The molecule has 2 saturated heterocycles. The first-order valence-electron chi connectivity index (χ1n) is 7.17. The van der Waals surface area contributed by atoms with E-state index in [-0.39, 0.29) is 5.56 Å². The molecule has 0 aromatic heterocycles. The minimum Gasteiger partial charge on any atom is -0.478 e. The fourth-order valence-electron chi connectivity index (χ4n) is 3.27. The standard InChI is InChI=1S/C15H19ClN2O2/c16-13-9-11(15(19)20)4-5-14(13)18-8-7-17-6-2-1-3-12(17)10-18/h4-5,9,12H,1-3,6-8,10H2,(H,19,20). The number of carboxylic acids is 1. The molecule has 2 aliphatic rings. The Hall–Kier alpha value is -1.26. The van der Waals surface area contributed by atoms with Crippen LogP contribution in [0.5, 0.6) is 0 Å². The first-order chi connectivity index (χ1) is 9.65. The summed E-state index contributed by atoms with van der Waals surface area (Å²) in [5.41, 5.74) is 1.21. The summed E-state index contributed by atoms with van der Waals surface area (Å²) in [7, 11) is 0. The Bertz CT molecular complexity index is 521. The molecule has 1 aromatic carbocycles. The molecular formula is C15H19ClN2O2. The second-order valence-electron chi connectivity index (χ2n) is 5.60. The van der Waals surface area contributed by atoms with Crippen molar-refractivity contribution in [2.24, 2.45) is 0 Å². The molecule has 1 aromatic rings. The fourth-order valence-corrected chi connectivity index (χ4v) is 3.57. The van der Waals surface area contributed by atoms with Gasteiger partial charge in [-0.05, 0) is 37.6 Å². The number of anilines is 1. The molecule has 5 heteroatoms. The third-order valence-electron chi connectivity index (χ3n) is 4.37. The van der Waals surface area contributed by atoms with Crippen molar-refractivity contribution in [1.82, 2.24) is 4.90 Å². The molecule has 0 spiro atoms. The number of piperidine rings is 1. The summed E-state index contributed by atoms with van der Waals surface area (Å²) in [6.45, 7) is 4.24. The van der Waals surface area contributed by atoms with E-state index in [9.17, 15) is 4.79 Å². The summed E-state index contributed by atoms with van der Waals surface area (Å²) in [5.74, 6) is -0.935. The van der Waals surface area contributed by atoms with E-state index < -0.39 is 5.97 Å². The smallest absolute Gasteiger partial charge is 0.335 e. The summed E-state index contributed by atoms with van der Waals surface area (Å²) in [4.78, 5) is 15.8. The number of piperazine rings is 1. The van der Waals surface area contributed by atoms with Crippen molar-refractivity contribution in [3.8, 4) is 0 Å². The minimum atomic E-state index is -0.935. The van der Waals surface area contributed by atoms with Gasteiger partial charge >= 0.3 is 5.97 Å². The maximum atomic E-state index is 10.9. The van der Waals surface area contributed by atoms with Gasteiger partial charge < -0.3 is 10.0 Å². The molecule has 2 heterocycles. The van der Waals surface area contributed by atoms with Crippen LogP contribution in [0.15, 0.2) is 18.2 Å². The number of fused-ring (bicyclic) bond motifs is 1. The lowest BCUT2D eigenvalue weighted by Crippen LogP contribution is -2.55. The molecular weight excluding hydrogens is 276 g/mol. The van der Waals surface area contributed by atoms with Crippen LogP contribution < -0.4 is 4.90 Å². The van der Waals surface area contributed by atoms with Crippen LogP contribution in [0.4, 0.5) is 5.69 Å². The summed E-state index contributed by atoms with van der Waals surface area (Å²) in [5, 5.41) is 9.52. The van der Waals surface area contributed by atoms with Gasteiger partial charge in [-0.3, -0.25) is 4.90 Å². The third-order valence-corrected chi connectivity index (χ3v) is 4.68. The third kappa shape index (κ3) is 2.63. The predicted molar refractivity (Wildman–Crippen MR) is 79.8 cm³/mol. The van der Waals surface area contributed by atoms with E-state index >= 15 is 0 Å². The number of benzene rings is 1. The molecule has 3 rings (SSSR count). The van der Waals surface area contributed by atoms with Crippen LogP contribution in [0.3, 0.4) is 0 Å². The van der Waals surface area contributed by atoms with Crippen LogP contribution in [0.2, 0.25) is 5.02 Å². The molecule has 0 bridgehead atoms. The van der Waals surface area contributed by atoms with Gasteiger partial charge in [0.25, 0.3) is 0 Å². The molecule has 2 aliphatic heterocycles. The average molecular weight is 295 g/mol. The zero-order valence-corrected chi connectivity index (χ0v) is 12.1. The molecule has 0 amide bonds. The van der Waals surface area contributed by atoms with E-state index in [0.717, 1.165) is 25.3 Å². The molecule has 0 saturated carbocycles. The lowest BCUT2D eigenvalue weighted by atomic mass is 9.99. The highest BCUT2D eigenvalue weighted by Gasteiger charge is 2.29. The van der Waals surface area contributed by atoms with Gasteiger partial charge in [0.15, 0.2) is 0 Å². The van der Waals surface area contributed by atoms with Crippen molar-refractivity contribution < 1.29 is 9.90 Å². The molecule has 0 radical (unpaired) electrons. The Morgan fingerprint density at radius 3 is 2.85 bits per heavy atom. The Balaban J connectivity index is 1.78. The van der Waals surface area contributed by atoms with E-state index in [1.165, 1.54) is 25.8 Å². The first kappa shape index (κ1) is 13.7. The van der Waals surface area contributed by atoms with Crippen LogP contribution >= 0.6 is 11.6 Å². The van der Waals surface area contributed by atoms with Crippen LogP contribution in [-0.2, 0) is 0 Å². The maximum absolute atomic E-state index is 10.9. The quantitative estimate of drug-likeness (QED) is 0.911. The predicted octanol–water partition coefficient (Wildman–Crippen LogP) is 2.71. The number of rotatable bonds is 2. The van der Waals surface area contributed by atoms with E-state index in [1.807, 2.05) is 6.07 Å². The van der Waals surface area contributed by atoms with Crippen molar-refractivity contribution >= 4 is 23.3 Å². The number of aromatic carboxylic acids is 1. The molecule has 1 N–H and O–H groups in total. The SMILES string of the molecule is O=C(O)c1ccc(N2CCN3CCCCC3C2)c(Cl)c1. The summed E-state index contributed by atoms with van der Waals surface area (Å²) in [6, 6.07) is 5.64. The number of nitrogens with zero attached hydrogens (tertiary/aromatic N) is 2. The molecule has 20 heavy (non-hydrogen) atoms. The Morgan fingerprint density at radius 1 is 1.25 bits per heavy atom. The van der Waals surface area contributed by atoms with Crippen molar-refractivity contribution in [1.29, 1.82) is 0 Å². The van der Waals surface area contributed by atoms with E-state index in [2.05, 4.69) is 9.80 Å². The summed E-state index contributed by atoms with van der Waals surface area (Å²) in [6.07, 6.45) is 3.87. The Kier molecular flexibility index (Phi) is 3.85. The van der Waals surface area contributed by atoms with Crippen molar-refractivity contribution in [3.05, 3.63) is 28.8 Å². The zero-order chi connectivity index (χ0) is 14.1. The summed E-state index contributed by atoms with van der Waals surface area (Å²) >= 11 is 6.26. The molecule has 2 fully saturated rings. The lowest BCUT2D eigenvalue weighted by molar-refractivity contribution is 0.0697. The highest BCUT2D eigenvalue weighted by Crippen LogP contribution is 2.30. The minimum absolute atomic E-state index is 0.245. The van der Waals surface area contributed by atoms with Crippen LogP contribution in [0.25, 0.3) is 0 Å². The van der Waals surface area contributed by atoms with Crippen LogP contribution in [-0.4, -0.2) is 48.2 Å². The van der Waals surface area contributed by atoms with Gasteiger partial charge in [-0.1, -0.05) is 18.0 Å². The highest BCUT2D eigenvalue weighted by atomic mass is 35.5. The normalized spacial score (nSPS) is 23.4. The topological polar surface area (TPSA) is 43.8 Å².